The van der Waals surface area contributed by atoms with Crippen LogP contribution in [0.25, 0.3) is 0 Å². The maximum Gasteiger partial charge on any atom is 0.407 e. The van der Waals surface area contributed by atoms with Crippen LogP contribution in [0.3, 0.4) is 0 Å². The Balaban J connectivity index is 1.08. The van der Waals surface area contributed by atoms with E-state index in [0.29, 0.717) is 15.8 Å². The zero-order valence-corrected chi connectivity index (χ0v) is 26.3. The summed E-state index contributed by atoms with van der Waals surface area (Å²) in [5.74, 6) is 0.746. The minimum absolute atomic E-state index is 0.0335. The van der Waals surface area contributed by atoms with Gasteiger partial charge < -0.3 is 19.9 Å². The maximum atomic E-state index is 12.6. The van der Waals surface area contributed by atoms with Crippen LogP contribution in [0.2, 0.25) is 5.02 Å². The molecule has 6 rings (SSSR count). The number of benzene rings is 2. The minimum Gasteiger partial charge on any atom is -0.453 e. The average molecular weight is 625 g/mol. The van der Waals surface area contributed by atoms with Gasteiger partial charge in [0, 0.05) is 37.5 Å². The molecule has 2 aliphatic carbocycles. The van der Waals surface area contributed by atoms with Crippen molar-refractivity contribution >= 4 is 33.2 Å². The molecule has 4 aliphatic rings. The molecule has 1 unspecified atom stereocenters. The van der Waals surface area contributed by atoms with Crippen LogP contribution < -0.4 is 10.2 Å². The lowest BCUT2D eigenvalue weighted by Crippen LogP contribution is -2.55. The topological polar surface area (TPSA) is 103 Å². The van der Waals surface area contributed by atoms with Gasteiger partial charge in [-0.15, -0.1) is 0 Å². The van der Waals surface area contributed by atoms with Gasteiger partial charge in [0.15, 0.2) is 9.84 Å². The summed E-state index contributed by atoms with van der Waals surface area (Å²) in [5.41, 5.74) is 1.29. The number of nitrogens with one attached hydrogen (secondary N) is 1. The predicted molar refractivity (Wildman–Crippen MR) is 167 cm³/mol. The van der Waals surface area contributed by atoms with E-state index >= 15 is 0 Å². The second kappa shape index (κ2) is 12.3. The van der Waals surface area contributed by atoms with Crippen LogP contribution in [0.5, 0.6) is 0 Å². The highest BCUT2D eigenvalue weighted by molar-refractivity contribution is 7.92. The first-order valence-electron chi connectivity index (χ1n) is 15.6. The van der Waals surface area contributed by atoms with Crippen molar-refractivity contribution in [1.82, 2.24) is 10.2 Å². The number of rotatable bonds is 9. The van der Waals surface area contributed by atoms with Crippen molar-refractivity contribution in [2.24, 2.45) is 17.8 Å². The Hall–Kier alpha value is -2.80. The normalized spacial score (nSPS) is 25.0. The standard InChI is InChI=1S/C33H41ClN4O4S/c1-42-32(39)36-30-9-5-8-28(30)33(22-35,24-6-3-2-4-7-24)25-14-16-37(17-15-25)19-23-20-38(21-23)31-13-12-27(18-29(31)34)43(40,41)26-10-11-26/h2-4,6-7,12-13,18,23,25-26,28,30H,5,8-11,14-17,19-21H2,1H3,(H,36,39)/t28-,30-,33?/m0/s1. The molecule has 3 atom stereocenters. The number of piperidine rings is 1. The van der Waals surface area contributed by atoms with Gasteiger partial charge in [-0.2, -0.15) is 5.26 Å². The zero-order valence-electron chi connectivity index (χ0n) is 24.8. The Labute approximate surface area is 260 Å². The Morgan fingerprint density at radius 3 is 2.42 bits per heavy atom. The van der Waals surface area contributed by atoms with Crippen LogP contribution in [0.4, 0.5) is 10.5 Å². The Kier molecular flexibility index (Phi) is 8.65. The first-order chi connectivity index (χ1) is 20.8. The van der Waals surface area contributed by atoms with Gasteiger partial charge in [-0.1, -0.05) is 48.4 Å². The molecular weight excluding hydrogens is 584 g/mol. The number of hydrogen-bond donors (Lipinski definition) is 1. The molecule has 1 N–H and O–H groups in total. The Bertz CT molecular complexity index is 1460. The molecule has 0 aromatic heterocycles. The lowest BCUT2D eigenvalue weighted by atomic mass is 9.59. The van der Waals surface area contributed by atoms with E-state index in [2.05, 4.69) is 33.3 Å². The smallest absolute Gasteiger partial charge is 0.407 e. The molecule has 43 heavy (non-hydrogen) atoms. The number of alkyl carbamates (subject to hydrolysis) is 1. The fourth-order valence-electron chi connectivity index (χ4n) is 7.90. The monoisotopic (exact) mass is 624 g/mol. The van der Waals surface area contributed by atoms with Crippen LogP contribution >= 0.6 is 11.6 Å². The average Bonchev–Trinajstić information content (AvgIpc) is 3.78. The Morgan fingerprint density at radius 1 is 1.07 bits per heavy atom. The Morgan fingerprint density at radius 2 is 1.79 bits per heavy atom. The molecular formula is C33H41ClN4O4S. The summed E-state index contributed by atoms with van der Waals surface area (Å²) >= 11 is 6.56. The number of carbonyl (C=O) groups excluding carboxylic acids is 1. The van der Waals surface area contributed by atoms with Gasteiger partial charge in [0.25, 0.3) is 0 Å². The molecule has 4 fully saturated rings. The third kappa shape index (κ3) is 5.86. The first kappa shape index (κ1) is 30.2. The molecule has 0 spiro atoms. The maximum absolute atomic E-state index is 12.6. The number of anilines is 1. The number of sulfone groups is 1. The molecule has 10 heteroatoms. The number of nitrogens with zero attached hydrogens (tertiary/aromatic N) is 3. The van der Waals surface area contributed by atoms with Crippen molar-refractivity contribution in [2.75, 3.05) is 44.7 Å². The SMILES string of the molecule is COC(=O)N[C@H]1CCC[C@@H]1C(C#N)(c1ccccc1)C1CCN(CC2CN(c3ccc(S(=O)(=O)C4CC4)cc3Cl)C2)CC1. The molecule has 2 saturated carbocycles. The highest BCUT2D eigenvalue weighted by Crippen LogP contribution is 2.50. The summed E-state index contributed by atoms with van der Waals surface area (Å²) < 4.78 is 30.1. The third-order valence-corrected chi connectivity index (χ3v) is 12.8. The predicted octanol–water partition coefficient (Wildman–Crippen LogP) is 5.41. The van der Waals surface area contributed by atoms with Crippen LogP contribution in [0, 0.1) is 29.1 Å². The minimum atomic E-state index is -3.25. The largest absolute Gasteiger partial charge is 0.453 e. The molecule has 2 heterocycles. The van der Waals surface area contributed by atoms with Crippen molar-refractivity contribution in [1.29, 1.82) is 5.26 Å². The number of amides is 1. The molecule has 8 nitrogen and oxygen atoms in total. The summed E-state index contributed by atoms with van der Waals surface area (Å²) in [4.78, 5) is 17.3. The van der Waals surface area contributed by atoms with Gasteiger partial charge in [-0.05, 0) is 81.3 Å². The molecule has 1 amide bonds. The molecule has 0 radical (unpaired) electrons. The summed E-state index contributed by atoms with van der Waals surface area (Å²) in [6.07, 6.45) is 5.67. The summed E-state index contributed by atoms with van der Waals surface area (Å²) in [6, 6.07) is 18.1. The van der Waals surface area contributed by atoms with Crippen LogP contribution in [0.15, 0.2) is 53.4 Å². The van der Waals surface area contributed by atoms with Gasteiger partial charge in [0.2, 0.25) is 0 Å². The van der Waals surface area contributed by atoms with E-state index in [0.717, 1.165) is 88.9 Å². The second-order valence-corrected chi connectivity index (χ2v) is 15.5. The van der Waals surface area contributed by atoms with Crippen molar-refractivity contribution in [3.05, 3.63) is 59.1 Å². The number of halogens is 1. The lowest BCUT2D eigenvalue weighted by molar-refractivity contribution is 0.0939. The number of carbonyl (C=O) groups is 1. The van der Waals surface area contributed by atoms with E-state index in [9.17, 15) is 18.5 Å². The molecule has 2 aliphatic heterocycles. The summed E-state index contributed by atoms with van der Waals surface area (Å²) in [5, 5.41) is 14.2. The van der Waals surface area contributed by atoms with Gasteiger partial charge in [0.1, 0.15) is 0 Å². The van der Waals surface area contributed by atoms with Gasteiger partial charge in [-0.3, -0.25) is 0 Å². The van der Waals surface area contributed by atoms with E-state index in [-0.39, 0.29) is 23.1 Å². The van der Waals surface area contributed by atoms with E-state index in [4.69, 9.17) is 16.3 Å². The molecule has 0 bridgehead atoms. The molecule has 230 valence electrons. The van der Waals surface area contributed by atoms with Gasteiger partial charge >= 0.3 is 6.09 Å². The zero-order chi connectivity index (χ0) is 30.2. The van der Waals surface area contributed by atoms with Crippen molar-refractivity contribution in [3.8, 4) is 6.07 Å². The van der Waals surface area contributed by atoms with E-state index in [1.165, 1.54) is 7.11 Å². The molecule has 2 saturated heterocycles. The van der Waals surface area contributed by atoms with E-state index in [1.54, 1.807) is 12.1 Å². The highest BCUT2D eigenvalue weighted by Gasteiger charge is 2.52. The number of methoxy groups -OCH3 is 1. The fraction of sp³-hybridized carbons (Fsp3) is 0.576. The molecule has 2 aromatic carbocycles. The number of hydrogen-bond acceptors (Lipinski definition) is 7. The van der Waals surface area contributed by atoms with Gasteiger partial charge in [0.05, 0.1) is 39.4 Å². The number of likely N-dealkylation sites (tertiary alicyclic amines) is 1. The lowest BCUT2D eigenvalue weighted by Gasteiger charge is -2.48. The quantitative estimate of drug-likeness (QED) is 0.398. The van der Waals surface area contributed by atoms with Crippen LogP contribution in [-0.4, -0.2) is 70.5 Å². The van der Waals surface area contributed by atoms with Crippen molar-refractivity contribution < 1.29 is 17.9 Å². The summed E-state index contributed by atoms with van der Waals surface area (Å²) in [7, 11) is -1.87. The molecule has 2 aromatic rings. The van der Waals surface area contributed by atoms with Crippen LogP contribution in [-0.2, 0) is 20.0 Å². The van der Waals surface area contributed by atoms with Gasteiger partial charge in [-0.25, -0.2) is 13.2 Å². The number of ether oxygens (including phenoxy) is 1. The fourth-order valence-corrected chi connectivity index (χ4v) is 9.95. The number of nitriles is 1. The summed E-state index contributed by atoms with van der Waals surface area (Å²) in [6.45, 7) is 4.66. The van der Waals surface area contributed by atoms with Crippen molar-refractivity contribution in [3.63, 3.8) is 0 Å². The van der Waals surface area contributed by atoms with Crippen molar-refractivity contribution in [2.45, 2.75) is 66.5 Å². The van der Waals surface area contributed by atoms with E-state index < -0.39 is 21.3 Å². The third-order valence-electron chi connectivity index (χ3n) is 10.3. The van der Waals surface area contributed by atoms with E-state index in [1.807, 2.05) is 24.3 Å². The second-order valence-electron chi connectivity index (χ2n) is 12.8. The first-order valence-corrected chi connectivity index (χ1v) is 17.5. The highest BCUT2D eigenvalue weighted by atomic mass is 35.5. The van der Waals surface area contributed by atoms with Crippen LogP contribution in [0.1, 0.15) is 50.5 Å².